The first kappa shape index (κ1) is 11.6. The van der Waals surface area contributed by atoms with Crippen molar-refractivity contribution < 1.29 is 0 Å². The molecule has 1 unspecified atom stereocenters. The summed E-state index contributed by atoms with van der Waals surface area (Å²) in [5.41, 5.74) is 1.10. The van der Waals surface area contributed by atoms with Crippen LogP contribution in [0.3, 0.4) is 0 Å². The highest BCUT2D eigenvalue weighted by atomic mass is 79.9. The van der Waals surface area contributed by atoms with Crippen LogP contribution in [0.25, 0.3) is 0 Å². The minimum Gasteiger partial charge on any atom is -0.312 e. The van der Waals surface area contributed by atoms with E-state index in [-0.39, 0.29) is 6.04 Å². The van der Waals surface area contributed by atoms with Crippen LogP contribution < -0.4 is 5.32 Å². The van der Waals surface area contributed by atoms with Crippen molar-refractivity contribution in [1.29, 1.82) is 0 Å². The Morgan fingerprint density at radius 3 is 2.79 bits per heavy atom. The first-order chi connectivity index (χ1) is 6.67. The Morgan fingerprint density at radius 1 is 1.57 bits per heavy atom. The smallest absolute Gasteiger partial charge is 0.0429 e. The lowest BCUT2D eigenvalue weighted by Crippen LogP contribution is -2.15. The molecule has 0 amide bonds. The molecule has 0 heterocycles. The van der Waals surface area contributed by atoms with E-state index in [0.29, 0.717) is 11.4 Å². The van der Waals surface area contributed by atoms with Gasteiger partial charge in [0.25, 0.3) is 0 Å². The number of rotatable bonds is 3. The fourth-order valence-corrected chi connectivity index (χ4v) is 2.17. The van der Waals surface area contributed by atoms with E-state index >= 15 is 0 Å². The first-order valence-corrected chi connectivity index (χ1v) is 5.41. The Bertz CT molecular complexity index is 337. The van der Waals surface area contributed by atoms with E-state index in [1.807, 2.05) is 25.2 Å². The van der Waals surface area contributed by atoms with Crippen LogP contribution in [-0.2, 0) is 0 Å². The summed E-state index contributed by atoms with van der Waals surface area (Å²) in [4.78, 5) is 0. The molecule has 1 nitrogen and oxygen atoms in total. The van der Waals surface area contributed by atoms with Gasteiger partial charge in [0.05, 0.1) is 0 Å². The minimum absolute atomic E-state index is 0.162. The fourth-order valence-electron chi connectivity index (χ4n) is 1.28. The largest absolute Gasteiger partial charge is 0.312 e. The molecule has 1 aromatic rings. The molecular weight excluding hydrogens is 261 g/mol. The first-order valence-electron chi connectivity index (χ1n) is 4.24. The SMILES string of the molecule is C#CCC(NC)c1cc(Cl)cc(Br)c1. The monoisotopic (exact) mass is 271 g/mol. The third-order valence-electron chi connectivity index (χ3n) is 1.96. The topological polar surface area (TPSA) is 12.0 Å². The van der Waals surface area contributed by atoms with Crippen LogP contribution in [0.4, 0.5) is 0 Å². The van der Waals surface area contributed by atoms with Crippen LogP contribution in [0.5, 0.6) is 0 Å². The summed E-state index contributed by atoms with van der Waals surface area (Å²) >= 11 is 9.34. The number of terminal acetylenes is 1. The summed E-state index contributed by atoms with van der Waals surface area (Å²) in [5, 5.41) is 3.87. The molecule has 0 aliphatic carbocycles. The molecule has 74 valence electrons. The molecule has 0 aliphatic heterocycles. The van der Waals surface area contributed by atoms with Crippen LogP contribution in [0, 0.1) is 12.3 Å². The molecule has 1 rings (SSSR count). The molecule has 3 heteroatoms. The van der Waals surface area contributed by atoms with Gasteiger partial charge in [-0.25, -0.2) is 0 Å². The van der Waals surface area contributed by atoms with Crippen molar-refractivity contribution in [3.8, 4) is 12.3 Å². The second-order valence-electron chi connectivity index (χ2n) is 2.95. The highest BCUT2D eigenvalue weighted by Gasteiger charge is 2.08. The zero-order chi connectivity index (χ0) is 10.6. The van der Waals surface area contributed by atoms with Crippen molar-refractivity contribution in [1.82, 2.24) is 5.32 Å². The molecule has 0 fully saturated rings. The van der Waals surface area contributed by atoms with Crippen LogP contribution in [0.1, 0.15) is 18.0 Å². The third-order valence-corrected chi connectivity index (χ3v) is 2.63. The van der Waals surface area contributed by atoms with Crippen LogP contribution in [0.15, 0.2) is 22.7 Å². The highest BCUT2D eigenvalue weighted by molar-refractivity contribution is 9.10. The van der Waals surface area contributed by atoms with Gasteiger partial charge >= 0.3 is 0 Å². The van der Waals surface area contributed by atoms with Crippen LogP contribution in [0.2, 0.25) is 5.02 Å². The second kappa shape index (κ2) is 5.41. The van der Waals surface area contributed by atoms with Crippen molar-refractivity contribution in [2.75, 3.05) is 7.05 Å². The average molecular weight is 273 g/mol. The van der Waals surface area contributed by atoms with E-state index < -0.39 is 0 Å². The Labute approximate surface area is 98.0 Å². The van der Waals surface area contributed by atoms with E-state index in [1.54, 1.807) is 0 Å². The van der Waals surface area contributed by atoms with Crippen LogP contribution in [-0.4, -0.2) is 7.05 Å². The molecule has 1 aromatic carbocycles. The van der Waals surface area contributed by atoms with Gasteiger partial charge in [0.2, 0.25) is 0 Å². The molecule has 0 aromatic heterocycles. The number of nitrogens with one attached hydrogen (secondary N) is 1. The van der Waals surface area contributed by atoms with Crippen molar-refractivity contribution in [2.24, 2.45) is 0 Å². The van der Waals surface area contributed by atoms with Crippen molar-refractivity contribution in [2.45, 2.75) is 12.5 Å². The van der Waals surface area contributed by atoms with Gasteiger partial charge < -0.3 is 5.32 Å². The number of hydrogen-bond donors (Lipinski definition) is 1. The van der Waals surface area contributed by atoms with E-state index in [2.05, 4.69) is 27.2 Å². The standard InChI is InChI=1S/C11H11BrClN/c1-3-4-11(14-2)8-5-9(12)7-10(13)6-8/h1,5-7,11,14H,4H2,2H3. The summed E-state index contributed by atoms with van der Waals surface area (Å²) in [5.74, 6) is 2.64. The molecule has 0 bridgehead atoms. The molecule has 1 atom stereocenters. The lowest BCUT2D eigenvalue weighted by atomic mass is 10.0. The molecule has 0 spiro atoms. The Kier molecular flexibility index (Phi) is 4.47. The molecule has 0 aliphatic rings. The Morgan fingerprint density at radius 2 is 2.29 bits per heavy atom. The molecular formula is C11H11BrClN. The Balaban J connectivity index is 2.98. The van der Waals surface area contributed by atoms with Gasteiger partial charge in [0.1, 0.15) is 0 Å². The van der Waals surface area contributed by atoms with Crippen LogP contribution >= 0.6 is 27.5 Å². The van der Waals surface area contributed by atoms with Gasteiger partial charge in [-0.2, -0.15) is 0 Å². The second-order valence-corrected chi connectivity index (χ2v) is 4.30. The Hall–Kier alpha value is -0.490. The maximum Gasteiger partial charge on any atom is 0.0429 e. The highest BCUT2D eigenvalue weighted by Crippen LogP contribution is 2.25. The lowest BCUT2D eigenvalue weighted by molar-refractivity contribution is 0.611. The number of benzene rings is 1. The average Bonchev–Trinajstić information content (AvgIpc) is 2.12. The normalized spacial score (nSPS) is 12.1. The zero-order valence-electron chi connectivity index (χ0n) is 7.85. The van der Waals surface area contributed by atoms with Gasteiger partial charge in [-0.1, -0.05) is 27.5 Å². The maximum atomic E-state index is 5.94. The third kappa shape index (κ3) is 3.02. The van der Waals surface area contributed by atoms with E-state index in [4.69, 9.17) is 18.0 Å². The summed E-state index contributed by atoms with van der Waals surface area (Å²) in [7, 11) is 1.89. The van der Waals surface area contributed by atoms with Gasteiger partial charge in [0.15, 0.2) is 0 Å². The predicted molar refractivity (Wildman–Crippen MR) is 64.4 cm³/mol. The number of hydrogen-bond acceptors (Lipinski definition) is 1. The quantitative estimate of drug-likeness (QED) is 0.832. The zero-order valence-corrected chi connectivity index (χ0v) is 10.2. The molecule has 14 heavy (non-hydrogen) atoms. The van der Waals surface area contributed by atoms with Crippen molar-refractivity contribution in [3.63, 3.8) is 0 Å². The minimum atomic E-state index is 0.162. The molecule has 0 saturated carbocycles. The molecule has 0 saturated heterocycles. The lowest BCUT2D eigenvalue weighted by Gasteiger charge is -2.14. The van der Waals surface area contributed by atoms with E-state index in [0.717, 1.165) is 10.0 Å². The van der Waals surface area contributed by atoms with Gasteiger partial charge in [-0.3, -0.25) is 0 Å². The molecule has 1 N–H and O–H groups in total. The summed E-state index contributed by atoms with van der Waals surface area (Å²) in [6.07, 6.45) is 5.94. The van der Waals surface area contributed by atoms with Gasteiger partial charge in [0, 0.05) is 22.0 Å². The fraction of sp³-hybridized carbons (Fsp3) is 0.273. The van der Waals surface area contributed by atoms with E-state index in [9.17, 15) is 0 Å². The molecule has 0 radical (unpaired) electrons. The predicted octanol–water partition coefficient (Wildman–Crippen LogP) is 3.39. The van der Waals surface area contributed by atoms with Gasteiger partial charge in [-0.05, 0) is 30.8 Å². The van der Waals surface area contributed by atoms with Crippen molar-refractivity contribution in [3.05, 3.63) is 33.3 Å². The summed E-state index contributed by atoms with van der Waals surface area (Å²) in [6, 6.07) is 5.96. The maximum absolute atomic E-state index is 5.94. The van der Waals surface area contributed by atoms with Gasteiger partial charge in [-0.15, -0.1) is 12.3 Å². The van der Waals surface area contributed by atoms with E-state index in [1.165, 1.54) is 0 Å². The summed E-state index contributed by atoms with van der Waals surface area (Å²) < 4.78 is 0.970. The number of halogens is 2. The van der Waals surface area contributed by atoms with Crippen molar-refractivity contribution >= 4 is 27.5 Å². The summed E-state index contributed by atoms with van der Waals surface area (Å²) in [6.45, 7) is 0.